The van der Waals surface area contributed by atoms with Gasteiger partial charge >= 0.3 is 0 Å². The molecule has 1 saturated heterocycles. The van der Waals surface area contributed by atoms with E-state index in [1.807, 2.05) is 18.7 Å². The van der Waals surface area contributed by atoms with Gasteiger partial charge in [0.05, 0.1) is 4.92 Å². The Kier molecular flexibility index (Phi) is 5.49. The molecule has 1 amide bonds. The van der Waals surface area contributed by atoms with E-state index in [1.54, 1.807) is 12.1 Å². The lowest BCUT2D eigenvalue weighted by molar-refractivity contribution is -0.384. The number of rotatable bonds is 3. The van der Waals surface area contributed by atoms with E-state index in [2.05, 4.69) is 10.2 Å². The number of nitro groups is 1. The van der Waals surface area contributed by atoms with E-state index in [0.717, 1.165) is 18.8 Å². The quantitative estimate of drug-likeness (QED) is 0.515. The van der Waals surface area contributed by atoms with Crippen LogP contribution in [0.2, 0.25) is 0 Å². The van der Waals surface area contributed by atoms with E-state index >= 15 is 0 Å². The van der Waals surface area contributed by atoms with E-state index in [1.165, 1.54) is 12.1 Å². The summed E-state index contributed by atoms with van der Waals surface area (Å²) >= 11 is 5.27. The minimum Gasteiger partial charge on any atom is -0.368 e. The smallest absolute Gasteiger partial charge is 0.269 e. The van der Waals surface area contributed by atoms with Gasteiger partial charge in [0, 0.05) is 49.9 Å². The molecular weight excluding hydrogens is 316 g/mol. The van der Waals surface area contributed by atoms with E-state index < -0.39 is 4.92 Å². The molecule has 7 nitrogen and oxygen atoms in total. The Morgan fingerprint density at radius 3 is 2.26 bits per heavy atom. The molecule has 1 aromatic rings. The van der Waals surface area contributed by atoms with Crippen LogP contribution in [-0.4, -0.2) is 47.0 Å². The first-order valence-electron chi connectivity index (χ1n) is 7.47. The second-order valence-corrected chi connectivity index (χ2v) is 6.08. The molecule has 0 unspecified atom stereocenters. The molecule has 0 aliphatic carbocycles. The maximum atomic E-state index is 11.7. The lowest BCUT2D eigenvalue weighted by Gasteiger charge is -2.37. The highest BCUT2D eigenvalue weighted by Gasteiger charge is 2.21. The first kappa shape index (κ1) is 17.1. The zero-order valence-corrected chi connectivity index (χ0v) is 14.0. The average Bonchev–Trinajstić information content (AvgIpc) is 2.55. The van der Waals surface area contributed by atoms with Gasteiger partial charge in [0.15, 0.2) is 5.11 Å². The number of thiocarbonyl (C=S) groups is 1. The topological polar surface area (TPSA) is 78.7 Å². The Bertz CT molecular complexity index is 595. The van der Waals surface area contributed by atoms with Gasteiger partial charge in [-0.15, -0.1) is 0 Å². The summed E-state index contributed by atoms with van der Waals surface area (Å²) in [5.74, 6) is -0.179. The molecule has 2 rings (SSSR count). The van der Waals surface area contributed by atoms with Crippen molar-refractivity contribution in [2.45, 2.75) is 13.8 Å². The first-order valence-corrected chi connectivity index (χ1v) is 7.88. The maximum absolute atomic E-state index is 11.7. The highest BCUT2D eigenvalue weighted by molar-refractivity contribution is 7.80. The monoisotopic (exact) mass is 336 g/mol. The van der Waals surface area contributed by atoms with Crippen LogP contribution in [0, 0.1) is 16.0 Å². The van der Waals surface area contributed by atoms with E-state index in [0.29, 0.717) is 18.2 Å². The average molecular weight is 336 g/mol. The minimum absolute atomic E-state index is 0.0761. The molecule has 23 heavy (non-hydrogen) atoms. The lowest BCUT2D eigenvalue weighted by atomic mass is 10.2. The number of nitrogens with zero attached hydrogens (tertiary/aromatic N) is 3. The SMILES string of the molecule is CC(C)C(=O)NC(=S)N1CCN(c2ccc([N+](=O)[O-])cc2)CC1. The van der Waals surface area contributed by atoms with Crippen LogP contribution >= 0.6 is 12.2 Å². The zero-order valence-electron chi connectivity index (χ0n) is 13.2. The molecule has 124 valence electrons. The molecule has 1 aromatic carbocycles. The molecule has 1 fully saturated rings. The molecule has 1 aliphatic heterocycles. The highest BCUT2D eigenvalue weighted by atomic mass is 32.1. The van der Waals surface area contributed by atoms with Crippen LogP contribution < -0.4 is 10.2 Å². The predicted octanol–water partition coefficient (Wildman–Crippen LogP) is 1.77. The third kappa shape index (κ3) is 4.38. The van der Waals surface area contributed by atoms with Crippen molar-refractivity contribution in [3.05, 3.63) is 34.4 Å². The summed E-state index contributed by atoms with van der Waals surface area (Å²) in [5.41, 5.74) is 1.04. The van der Waals surface area contributed by atoms with Crippen molar-refractivity contribution < 1.29 is 9.72 Å². The van der Waals surface area contributed by atoms with Gasteiger partial charge in [0.1, 0.15) is 0 Å². The van der Waals surface area contributed by atoms with Crippen molar-refractivity contribution in [2.24, 2.45) is 5.92 Å². The summed E-state index contributed by atoms with van der Waals surface area (Å²) in [6.07, 6.45) is 0. The molecular formula is C15H20N4O3S. The zero-order chi connectivity index (χ0) is 17.0. The molecule has 1 aliphatic rings. The summed E-state index contributed by atoms with van der Waals surface area (Å²) in [7, 11) is 0. The van der Waals surface area contributed by atoms with Crippen LogP contribution in [0.1, 0.15) is 13.8 Å². The van der Waals surface area contributed by atoms with Gasteiger partial charge in [-0.2, -0.15) is 0 Å². The van der Waals surface area contributed by atoms with Gasteiger partial charge in [-0.3, -0.25) is 14.9 Å². The largest absolute Gasteiger partial charge is 0.368 e. The van der Waals surface area contributed by atoms with Gasteiger partial charge < -0.3 is 15.1 Å². The number of amides is 1. The molecule has 0 bridgehead atoms. The van der Waals surface area contributed by atoms with Crippen molar-refractivity contribution in [1.29, 1.82) is 0 Å². The van der Waals surface area contributed by atoms with Crippen LogP contribution in [0.4, 0.5) is 11.4 Å². The Hall–Kier alpha value is -2.22. The molecule has 0 radical (unpaired) electrons. The third-order valence-corrected chi connectivity index (χ3v) is 4.11. The predicted molar refractivity (Wildman–Crippen MR) is 92.5 cm³/mol. The number of anilines is 1. The van der Waals surface area contributed by atoms with Crippen molar-refractivity contribution in [3.63, 3.8) is 0 Å². The fourth-order valence-corrected chi connectivity index (χ4v) is 2.56. The lowest BCUT2D eigenvalue weighted by Crippen LogP contribution is -2.53. The minimum atomic E-state index is -0.405. The molecule has 8 heteroatoms. The van der Waals surface area contributed by atoms with Crippen LogP contribution in [-0.2, 0) is 4.79 Å². The Balaban J connectivity index is 1.89. The number of benzene rings is 1. The Morgan fingerprint density at radius 2 is 1.78 bits per heavy atom. The summed E-state index contributed by atoms with van der Waals surface area (Å²) in [6.45, 7) is 6.54. The van der Waals surface area contributed by atoms with Crippen molar-refractivity contribution in [1.82, 2.24) is 10.2 Å². The van der Waals surface area contributed by atoms with Crippen molar-refractivity contribution >= 4 is 34.6 Å². The van der Waals surface area contributed by atoms with Crippen molar-refractivity contribution in [3.8, 4) is 0 Å². The summed E-state index contributed by atoms with van der Waals surface area (Å²) in [6, 6.07) is 6.53. The van der Waals surface area contributed by atoms with Crippen LogP contribution in [0.5, 0.6) is 0 Å². The normalized spacial score (nSPS) is 14.7. The second-order valence-electron chi connectivity index (χ2n) is 5.70. The fraction of sp³-hybridized carbons (Fsp3) is 0.467. The number of carbonyl (C=O) groups excluding carboxylic acids is 1. The van der Waals surface area contributed by atoms with Crippen LogP contribution in [0.15, 0.2) is 24.3 Å². The molecule has 0 aromatic heterocycles. The van der Waals surface area contributed by atoms with Crippen LogP contribution in [0.25, 0.3) is 0 Å². The number of hydrogen-bond acceptors (Lipinski definition) is 5. The number of non-ortho nitro benzene ring substituents is 1. The standard InChI is InChI=1S/C15H20N4O3S/c1-11(2)14(20)16-15(23)18-9-7-17(8-10-18)12-3-5-13(6-4-12)19(21)22/h3-6,11H,7-10H2,1-2H3,(H,16,20,23). The van der Waals surface area contributed by atoms with Gasteiger partial charge in [-0.25, -0.2) is 0 Å². The fourth-order valence-electron chi connectivity index (χ4n) is 2.28. The van der Waals surface area contributed by atoms with Crippen molar-refractivity contribution in [2.75, 3.05) is 31.1 Å². The first-order chi connectivity index (χ1) is 10.9. The molecule has 0 atom stereocenters. The van der Waals surface area contributed by atoms with Gasteiger partial charge in [0.2, 0.25) is 5.91 Å². The number of hydrogen-bond donors (Lipinski definition) is 1. The third-order valence-electron chi connectivity index (χ3n) is 3.75. The molecule has 1 N–H and O–H groups in total. The Labute approximate surface area is 140 Å². The number of carbonyl (C=O) groups is 1. The van der Waals surface area contributed by atoms with Gasteiger partial charge in [0.25, 0.3) is 5.69 Å². The van der Waals surface area contributed by atoms with Crippen LogP contribution in [0.3, 0.4) is 0 Å². The van der Waals surface area contributed by atoms with E-state index in [-0.39, 0.29) is 17.5 Å². The second kappa shape index (κ2) is 7.36. The maximum Gasteiger partial charge on any atom is 0.269 e. The number of nitrogens with one attached hydrogen (secondary N) is 1. The Morgan fingerprint density at radius 1 is 1.22 bits per heavy atom. The van der Waals surface area contributed by atoms with Gasteiger partial charge in [-0.1, -0.05) is 13.8 Å². The molecule has 0 saturated carbocycles. The van der Waals surface area contributed by atoms with E-state index in [4.69, 9.17) is 12.2 Å². The summed E-state index contributed by atoms with van der Waals surface area (Å²) in [4.78, 5) is 26.1. The van der Waals surface area contributed by atoms with Gasteiger partial charge in [-0.05, 0) is 24.4 Å². The molecule has 0 spiro atoms. The molecule has 1 heterocycles. The summed E-state index contributed by atoms with van der Waals surface area (Å²) in [5, 5.41) is 13.9. The highest BCUT2D eigenvalue weighted by Crippen LogP contribution is 2.20. The van der Waals surface area contributed by atoms with E-state index in [9.17, 15) is 14.9 Å². The number of piperazine rings is 1. The number of nitro benzene ring substituents is 1. The summed E-state index contributed by atoms with van der Waals surface area (Å²) < 4.78 is 0.